The fraction of sp³-hybridized carbons (Fsp3) is 0.102. The molecule has 6 aromatic rings. The summed E-state index contributed by atoms with van der Waals surface area (Å²) in [6.45, 7) is 13.7. The Balaban J connectivity index is 1.32. The number of benzene rings is 6. The van der Waals surface area contributed by atoms with E-state index in [1.165, 1.54) is 77.2 Å². The second-order valence-corrected chi connectivity index (χ2v) is 13.8. The Labute approximate surface area is 290 Å². The number of hydrogen-bond donors (Lipinski definition) is 0. The van der Waals surface area contributed by atoms with E-state index in [1.54, 1.807) is 0 Å². The summed E-state index contributed by atoms with van der Waals surface area (Å²) in [7, 11) is 0. The summed E-state index contributed by atoms with van der Waals surface area (Å²) in [4.78, 5) is 0. The highest BCUT2D eigenvalue weighted by Gasteiger charge is 2.38. The van der Waals surface area contributed by atoms with Crippen LogP contribution in [0.2, 0.25) is 0 Å². The minimum Gasteiger partial charge on any atom is -0.0955 e. The second-order valence-electron chi connectivity index (χ2n) is 13.8. The van der Waals surface area contributed by atoms with E-state index in [9.17, 15) is 0 Å². The molecule has 0 heterocycles. The molecule has 0 radical (unpaired) electrons. The lowest BCUT2D eigenvalue weighted by Gasteiger charge is -2.24. The van der Waals surface area contributed by atoms with E-state index >= 15 is 0 Å². The molecule has 0 amide bonds. The second kappa shape index (κ2) is 12.4. The predicted octanol–water partition coefficient (Wildman–Crippen LogP) is 13.6. The van der Waals surface area contributed by atoms with Gasteiger partial charge in [0.25, 0.3) is 0 Å². The van der Waals surface area contributed by atoms with Crippen molar-refractivity contribution in [3.8, 4) is 33.4 Å². The molecule has 0 N–H and O–H groups in total. The van der Waals surface area contributed by atoms with Gasteiger partial charge >= 0.3 is 0 Å². The van der Waals surface area contributed by atoms with Crippen molar-refractivity contribution in [3.05, 3.63) is 199 Å². The standard InChI is InChI=1S/C49H40/c1-33(30-35-20-8-5-9-21-35)18-16-19-34(2)38-28-17-29-44-48(38)43-31-41-42(32-45(43)49(44,3)4)47(37-24-12-7-13-25-37)40-27-15-14-26-39(40)46(41)36-22-10-6-11-23-36/h5-17,19-20,22-32H,1-2,18,21H2,3-4H3/b19-16-,35-30-. The smallest absolute Gasteiger partial charge is 0.0159 e. The molecule has 49 heavy (non-hydrogen) atoms. The first-order valence-electron chi connectivity index (χ1n) is 17.3. The van der Waals surface area contributed by atoms with Gasteiger partial charge in [-0.1, -0.05) is 178 Å². The molecule has 8 rings (SSSR count). The summed E-state index contributed by atoms with van der Waals surface area (Å²) in [5, 5.41) is 5.12. The molecule has 0 fully saturated rings. The van der Waals surface area contributed by atoms with E-state index in [-0.39, 0.29) is 5.41 Å². The highest BCUT2D eigenvalue weighted by atomic mass is 14.4. The molecule has 0 saturated heterocycles. The van der Waals surface area contributed by atoms with Gasteiger partial charge in [0.15, 0.2) is 0 Å². The largest absolute Gasteiger partial charge is 0.0955 e. The van der Waals surface area contributed by atoms with Crippen LogP contribution in [-0.2, 0) is 5.41 Å². The summed E-state index contributed by atoms with van der Waals surface area (Å²) in [5.41, 5.74) is 14.8. The van der Waals surface area contributed by atoms with Crippen molar-refractivity contribution in [2.24, 2.45) is 0 Å². The van der Waals surface area contributed by atoms with Crippen molar-refractivity contribution in [1.82, 2.24) is 0 Å². The van der Waals surface area contributed by atoms with Gasteiger partial charge in [-0.15, -0.1) is 0 Å². The molecule has 236 valence electrons. The van der Waals surface area contributed by atoms with Gasteiger partial charge in [0.05, 0.1) is 0 Å². The minimum absolute atomic E-state index is 0.173. The van der Waals surface area contributed by atoms with Gasteiger partial charge in [0.1, 0.15) is 0 Å². The van der Waals surface area contributed by atoms with E-state index in [2.05, 4.69) is 185 Å². The molecule has 0 atom stereocenters. The summed E-state index contributed by atoms with van der Waals surface area (Å²) >= 11 is 0. The van der Waals surface area contributed by atoms with Crippen LogP contribution in [0.4, 0.5) is 0 Å². The van der Waals surface area contributed by atoms with Crippen LogP contribution in [0, 0.1) is 0 Å². The summed E-state index contributed by atoms with van der Waals surface area (Å²) < 4.78 is 0. The van der Waals surface area contributed by atoms with Crippen molar-refractivity contribution in [2.45, 2.75) is 32.1 Å². The maximum absolute atomic E-state index is 4.61. The molecule has 0 unspecified atom stereocenters. The zero-order valence-electron chi connectivity index (χ0n) is 28.3. The molecule has 6 aromatic carbocycles. The Kier molecular flexibility index (Phi) is 7.73. The topological polar surface area (TPSA) is 0 Å². The van der Waals surface area contributed by atoms with Crippen LogP contribution in [0.15, 0.2) is 182 Å². The first-order valence-corrected chi connectivity index (χ1v) is 17.3. The number of fused-ring (bicyclic) bond motifs is 5. The summed E-state index contributed by atoms with van der Waals surface area (Å²) in [6, 6.07) is 42.5. The Morgan fingerprint density at radius 1 is 0.653 bits per heavy atom. The third-order valence-corrected chi connectivity index (χ3v) is 10.3. The van der Waals surface area contributed by atoms with Crippen LogP contribution >= 0.6 is 0 Å². The predicted molar refractivity (Wildman–Crippen MR) is 213 cm³/mol. The van der Waals surface area contributed by atoms with Gasteiger partial charge in [-0.25, -0.2) is 0 Å². The van der Waals surface area contributed by atoms with Gasteiger partial charge in [-0.2, -0.15) is 0 Å². The van der Waals surface area contributed by atoms with Gasteiger partial charge in [-0.3, -0.25) is 0 Å². The van der Waals surface area contributed by atoms with Crippen LogP contribution in [0.5, 0.6) is 0 Å². The first kappa shape index (κ1) is 30.6. The van der Waals surface area contributed by atoms with E-state index in [4.69, 9.17) is 0 Å². The molecule has 0 heteroatoms. The maximum Gasteiger partial charge on any atom is 0.0159 e. The Bertz CT molecular complexity index is 2410. The molecule has 0 spiro atoms. The molecule has 2 aliphatic carbocycles. The van der Waals surface area contributed by atoms with Crippen LogP contribution < -0.4 is 0 Å². The number of rotatable bonds is 7. The Morgan fingerprint density at radius 3 is 1.92 bits per heavy atom. The fourth-order valence-electron chi connectivity index (χ4n) is 7.95. The highest BCUT2D eigenvalue weighted by molar-refractivity contribution is 6.22. The lowest BCUT2D eigenvalue weighted by Crippen LogP contribution is -2.15. The summed E-state index contributed by atoms with van der Waals surface area (Å²) in [6.07, 6.45) is 16.9. The first-order chi connectivity index (χ1) is 23.9. The average molecular weight is 629 g/mol. The third kappa shape index (κ3) is 5.35. The molecular weight excluding hydrogens is 589 g/mol. The van der Waals surface area contributed by atoms with Gasteiger partial charge in [0, 0.05) is 5.41 Å². The zero-order valence-corrected chi connectivity index (χ0v) is 28.3. The zero-order chi connectivity index (χ0) is 33.5. The van der Waals surface area contributed by atoms with Crippen LogP contribution in [-0.4, -0.2) is 0 Å². The van der Waals surface area contributed by atoms with Crippen LogP contribution in [0.25, 0.3) is 60.5 Å². The van der Waals surface area contributed by atoms with Crippen molar-refractivity contribution in [1.29, 1.82) is 0 Å². The SMILES string of the molecule is C=C(/C=C1/C=CC=CC1)C/C=C\C(=C)c1cccc2c1-c1cc3c(-c4ccccc4)c4ccccc4c(-c4ccccc4)c3cc1C2(C)C. The lowest BCUT2D eigenvalue weighted by molar-refractivity contribution is 0.661. The number of hydrogen-bond acceptors (Lipinski definition) is 0. The normalized spacial score (nSPS) is 15.3. The molecule has 0 bridgehead atoms. The third-order valence-electron chi connectivity index (χ3n) is 10.3. The Hall–Kier alpha value is -5.72. The fourth-order valence-corrected chi connectivity index (χ4v) is 7.95. The van der Waals surface area contributed by atoms with Crippen molar-refractivity contribution >= 4 is 27.1 Å². The molecule has 0 saturated carbocycles. The van der Waals surface area contributed by atoms with Gasteiger partial charge < -0.3 is 0 Å². The molecule has 0 aliphatic heterocycles. The van der Waals surface area contributed by atoms with Crippen molar-refractivity contribution in [2.75, 3.05) is 0 Å². The van der Waals surface area contributed by atoms with Crippen LogP contribution in [0.3, 0.4) is 0 Å². The van der Waals surface area contributed by atoms with E-state index in [0.717, 1.165) is 24.0 Å². The Morgan fingerprint density at radius 2 is 1.29 bits per heavy atom. The quantitative estimate of drug-likeness (QED) is 0.122. The number of allylic oxidation sites excluding steroid dienone is 10. The highest BCUT2D eigenvalue weighted by Crippen LogP contribution is 2.54. The van der Waals surface area contributed by atoms with Crippen LogP contribution in [0.1, 0.15) is 43.4 Å². The molecule has 0 aromatic heterocycles. The molecule has 2 aliphatic rings. The van der Waals surface area contributed by atoms with Gasteiger partial charge in [-0.05, 0) is 108 Å². The molecule has 0 nitrogen and oxygen atoms in total. The lowest BCUT2D eigenvalue weighted by atomic mass is 9.79. The van der Waals surface area contributed by atoms with E-state index < -0.39 is 0 Å². The van der Waals surface area contributed by atoms with Crippen molar-refractivity contribution in [3.63, 3.8) is 0 Å². The van der Waals surface area contributed by atoms with Gasteiger partial charge in [0.2, 0.25) is 0 Å². The van der Waals surface area contributed by atoms with E-state index in [1.807, 2.05) is 0 Å². The van der Waals surface area contributed by atoms with Crippen molar-refractivity contribution < 1.29 is 0 Å². The summed E-state index contributed by atoms with van der Waals surface area (Å²) in [5.74, 6) is 0. The average Bonchev–Trinajstić information content (AvgIpc) is 3.36. The minimum atomic E-state index is -0.173. The molecular formula is C49H40. The van der Waals surface area contributed by atoms with E-state index in [0.29, 0.717) is 0 Å². The monoisotopic (exact) mass is 628 g/mol. The maximum atomic E-state index is 4.61.